The van der Waals surface area contributed by atoms with Gasteiger partial charge in [-0.1, -0.05) is 39.3 Å². The van der Waals surface area contributed by atoms with Gasteiger partial charge in [-0.05, 0) is 17.2 Å². The Morgan fingerprint density at radius 2 is 1.75 bits per heavy atom. The Hall–Kier alpha value is 0.207. The van der Waals surface area contributed by atoms with E-state index in [0.717, 1.165) is 0 Å². The fourth-order valence-corrected chi connectivity index (χ4v) is 3.54. The van der Waals surface area contributed by atoms with Gasteiger partial charge in [0.15, 0.2) is 0 Å². The van der Waals surface area contributed by atoms with Crippen LogP contribution in [0.5, 0.6) is 0 Å². The van der Waals surface area contributed by atoms with E-state index in [1.807, 2.05) is 6.08 Å². The standard InChI is InChI=1S/C9H18ClOSi/c1-8(2)12(9(3)4)11-7-5-6-10/h5-6,8-9H,7H2,1-4H3/b6-5+. The summed E-state index contributed by atoms with van der Waals surface area (Å²) >= 11 is 5.39. The normalized spacial score (nSPS) is 12.7. The van der Waals surface area contributed by atoms with Crippen LogP contribution in [-0.4, -0.2) is 15.6 Å². The zero-order valence-electron chi connectivity index (χ0n) is 8.30. The molecule has 0 bridgehead atoms. The van der Waals surface area contributed by atoms with Gasteiger partial charge in [-0.25, -0.2) is 0 Å². The average molecular weight is 206 g/mol. The van der Waals surface area contributed by atoms with Gasteiger partial charge < -0.3 is 4.43 Å². The van der Waals surface area contributed by atoms with Crippen molar-refractivity contribution < 1.29 is 4.43 Å². The number of hydrogen-bond donors (Lipinski definition) is 0. The topological polar surface area (TPSA) is 9.23 Å². The SMILES string of the molecule is CC(C)[Si](OC/C=C/Cl)C(C)C. The lowest BCUT2D eigenvalue weighted by molar-refractivity contribution is 0.351. The van der Waals surface area contributed by atoms with Gasteiger partial charge in [0, 0.05) is 5.54 Å². The van der Waals surface area contributed by atoms with Crippen molar-refractivity contribution in [3.63, 3.8) is 0 Å². The molecule has 0 aliphatic carbocycles. The van der Waals surface area contributed by atoms with Gasteiger partial charge in [0.2, 0.25) is 9.04 Å². The molecule has 1 nitrogen and oxygen atoms in total. The molecule has 0 aliphatic heterocycles. The van der Waals surface area contributed by atoms with Crippen molar-refractivity contribution in [1.82, 2.24) is 0 Å². The molecular weight excluding hydrogens is 188 g/mol. The highest BCUT2D eigenvalue weighted by molar-refractivity contribution is 6.55. The van der Waals surface area contributed by atoms with Crippen molar-refractivity contribution in [2.45, 2.75) is 38.8 Å². The lowest BCUT2D eigenvalue weighted by atomic mass is 10.5. The van der Waals surface area contributed by atoms with Crippen LogP contribution in [-0.2, 0) is 4.43 Å². The molecule has 0 fully saturated rings. The third-order valence-corrected chi connectivity index (χ3v) is 4.53. The maximum atomic E-state index is 5.74. The molecule has 0 N–H and O–H groups in total. The van der Waals surface area contributed by atoms with Crippen LogP contribution in [0.25, 0.3) is 0 Å². The molecule has 0 spiro atoms. The highest BCUT2D eigenvalue weighted by Gasteiger charge is 2.21. The molecule has 0 saturated carbocycles. The molecule has 0 amide bonds. The van der Waals surface area contributed by atoms with Crippen LogP contribution < -0.4 is 0 Å². The lowest BCUT2D eigenvalue weighted by Crippen LogP contribution is -2.25. The third-order valence-electron chi connectivity index (χ3n) is 1.57. The summed E-state index contributed by atoms with van der Waals surface area (Å²) in [6.07, 6.45) is 1.84. The average Bonchev–Trinajstić information content (AvgIpc) is 1.96. The van der Waals surface area contributed by atoms with E-state index >= 15 is 0 Å². The quantitative estimate of drug-likeness (QED) is 0.624. The molecule has 12 heavy (non-hydrogen) atoms. The van der Waals surface area contributed by atoms with Crippen LogP contribution in [0.4, 0.5) is 0 Å². The van der Waals surface area contributed by atoms with Crippen molar-refractivity contribution in [2.75, 3.05) is 6.61 Å². The summed E-state index contributed by atoms with van der Waals surface area (Å²) in [7, 11) is -0.661. The van der Waals surface area contributed by atoms with Crippen molar-refractivity contribution in [2.24, 2.45) is 0 Å². The molecule has 0 heterocycles. The lowest BCUT2D eigenvalue weighted by Gasteiger charge is -2.21. The molecule has 0 aliphatic rings. The van der Waals surface area contributed by atoms with Crippen LogP contribution in [0.15, 0.2) is 11.6 Å². The second-order valence-corrected chi connectivity index (χ2v) is 7.04. The Morgan fingerprint density at radius 3 is 2.08 bits per heavy atom. The zero-order valence-corrected chi connectivity index (χ0v) is 10.1. The summed E-state index contributed by atoms with van der Waals surface area (Å²) in [5.74, 6) is 0. The van der Waals surface area contributed by atoms with Gasteiger partial charge in [0.25, 0.3) is 0 Å². The second kappa shape index (κ2) is 6.69. The molecule has 0 atom stereocenters. The molecule has 0 saturated heterocycles. The smallest absolute Gasteiger partial charge is 0.217 e. The second-order valence-electron chi connectivity index (χ2n) is 3.38. The van der Waals surface area contributed by atoms with E-state index in [2.05, 4.69) is 27.7 Å². The molecule has 0 rings (SSSR count). The zero-order chi connectivity index (χ0) is 9.56. The van der Waals surface area contributed by atoms with E-state index < -0.39 is 9.04 Å². The van der Waals surface area contributed by atoms with Gasteiger partial charge in [-0.3, -0.25) is 0 Å². The minimum Gasteiger partial charge on any atom is -0.412 e. The van der Waals surface area contributed by atoms with Gasteiger partial charge in [-0.15, -0.1) is 0 Å². The predicted octanol–water partition coefficient (Wildman–Crippen LogP) is 3.57. The Bertz CT molecular complexity index is 126. The van der Waals surface area contributed by atoms with E-state index in [4.69, 9.17) is 16.0 Å². The summed E-state index contributed by atoms with van der Waals surface area (Å²) < 4.78 is 5.74. The first-order chi connectivity index (χ1) is 5.59. The molecule has 1 radical (unpaired) electrons. The van der Waals surface area contributed by atoms with Crippen molar-refractivity contribution >= 4 is 20.6 Å². The van der Waals surface area contributed by atoms with E-state index in [9.17, 15) is 0 Å². The Morgan fingerprint density at radius 1 is 1.25 bits per heavy atom. The molecule has 0 aromatic heterocycles. The van der Waals surface area contributed by atoms with Crippen molar-refractivity contribution in [1.29, 1.82) is 0 Å². The molecule has 0 aromatic rings. The number of hydrogen-bond acceptors (Lipinski definition) is 1. The maximum Gasteiger partial charge on any atom is 0.217 e. The summed E-state index contributed by atoms with van der Waals surface area (Å²) in [4.78, 5) is 0. The highest BCUT2D eigenvalue weighted by atomic mass is 35.5. The Kier molecular flexibility index (Phi) is 6.81. The molecule has 71 valence electrons. The van der Waals surface area contributed by atoms with Crippen LogP contribution in [0.1, 0.15) is 27.7 Å². The Balaban J connectivity index is 3.79. The monoisotopic (exact) mass is 205 g/mol. The largest absolute Gasteiger partial charge is 0.412 e. The summed E-state index contributed by atoms with van der Waals surface area (Å²) in [5.41, 5.74) is 2.85. The van der Waals surface area contributed by atoms with Crippen LogP contribution in [0, 0.1) is 0 Å². The molecule has 0 aromatic carbocycles. The molecule has 0 unspecified atom stereocenters. The van der Waals surface area contributed by atoms with Crippen molar-refractivity contribution in [3.05, 3.63) is 11.6 Å². The Labute approximate surface area is 82.5 Å². The van der Waals surface area contributed by atoms with E-state index in [1.54, 1.807) is 0 Å². The van der Waals surface area contributed by atoms with Crippen LogP contribution in [0.2, 0.25) is 11.1 Å². The summed E-state index contributed by atoms with van der Waals surface area (Å²) in [6.45, 7) is 9.54. The van der Waals surface area contributed by atoms with E-state index in [0.29, 0.717) is 17.7 Å². The first-order valence-corrected chi connectivity index (χ1v) is 6.34. The summed E-state index contributed by atoms with van der Waals surface area (Å²) in [6, 6.07) is 0. The van der Waals surface area contributed by atoms with Gasteiger partial charge in [0.05, 0.1) is 6.61 Å². The third kappa shape index (κ3) is 4.96. The maximum absolute atomic E-state index is 5.74. The number of halogens is 1. The van der Waals surface area contributed by atoms with E-state index in [1.165, 1.54) is 5.54 Å². The first kappa shape index (κ1) is 12.2. The van der Waals surface area contributed by atoms with Crippen LogP contribution >= 0.6 is 11.6 Å². The highest BCUT2D eigenvalue weighted by Crippen LogP contribution is 2.20. The van der Waals surface area contributed by atoms with Gasteiger partial charge in [-0.2, -0.15) is 0 Å². The van der Waals surface area contributed by atoms with E-state index in [-0.39, 0.29) is 0 Å². The van der Waals surface area contributed by atoms with Gasteiger partial charge in [0.1, 0.15) is 0 Å². The fraction of sp³-hybridized carbons (Fsp3) is 0.778. The number of rotatable bonds is 5. The van der Waals surface area contributed by atoms with Crippen LogP contribution in [0.3, 0.4) is 0 Å². The predicted molar refractivity (Wildman–Crippen MR) is 56.9 cm³/mol. The minimum absolute atomic E-state index is 0.661. The molecular formula is C9H18ClOSi. The molecule has 3 heteroatoms. The minimum atomic E-state index is -0.661. The van der Waals surface area contributed by atoms with Crippen molar-refractivity contribution in [3.8, 4) is 0 Å². The fourth-order valence-electron chi connectivity index (χ4n) is 1.18. The first-order valence-electron chi connectivity index (χ1n) is 4.34. The summed E-state index contributed by atoms with van der Waals surface area (Å²) in [5, 5.41) is 0. The van der Waals surface area contributed by atoms with Gasteiger partial charge >= 0.3 is 0 Å².